The highest BCUT2D eigenvalue weighted by Gasteiger charge is 2.19. The van der Waals surface area contributed by atoms with Gasteiger partial charge in [0.2, 0.25) is 0 Å². The number of benzene rings is 1. The summed E-state index contributed by atoms with van der Waals surface area (Å²) in [5, 5.41) is 7.85. The van der Waals surface area contributed by atoms with Crippen LogP contribution < -0.4 is 10.2 Å². The third kappa shape index (κ3) is 4.84. The topological polar surface area (TPSA) is 75.0 Å². The fourth-order valence-corrected chi connectivity index (χ4v) is 3.79. The Balaban J connectivity index is 1.34. The molecule has 1 N–H and O–H groups in total. The van der Waals surface area contributed by atoms with Crippen molar-refractivity contribution in [1.29, 1.82) is 0 Å². The summed E-state index contributed by atoms with van der Waals surface area (Å²) in [6.45, 7) is 14.6. The predicted octanol–water partition coefficient (Wildman–Crippen LogP) is 2.62. The largest absolute Gasteiger partial charge is 0.368 e. The van der Waals surface area contributed by atoms with Crippen molar-refractivity contribution in [2.75, 3.05) is 31.1 Å². The Hall–Kier alpha value is -3.42. The van der Waals surface area contributed by atoms with E-state index in [1.165, 1.54) is 11.3 Å². The van der Waals surface area contributed by atoms with E-state index < -0.39 is 0 Å². The van der Waals surface area contributed by atoms with E-state index in [2.05, 4.69) is 66.9 Å². The number of nitrogens with zero attached hydrogens (tertiary/aromatic N) is 7. The molecule has 0 saturated carbocycles. The Bertz CT molecular complexity index is 1030. The minimum absolute atomic E-state index is 0.634. The second-order valence-electron chi connectivity index (χ2n) is 7.83. The Kier molecular flexibility index (Phi) is 6.16. The van der Waals surface area contributed by atoms with E-state index in [9.17, 15) is 0 Å². The van der Waals surface area contributed by atoms with Crippen LogP contribution in [-0.4, -0.2) is 55.8 Å². The van der Waals surface area contributed by atoms with Gasteiger partial charge in [-0.25, -0.2) is 9.67 Å². The number of aromatic nitrogens is 5. The summed E-state index contributed by atoms with van der Waals surface area (Å²) in [4.78, 5) is 17.7. The maximum absolute atomic E-state index is 4.46. The monoisotopic (exact) mass is 418 g/mol. The number of rotatable bonds is 7. The molecule has 1 aromatic carbocycles. The number of anilines is 1. The molecule has 1 aliphatic rings. The van der Waals surface area contributed by atoms with Crippen LogP contribution in [0.25, 0.3) is 5.69 Å². The molecule has 4 rings (SSSR count). The van der Waals surface area contributed by atoms with Gasteiger partial charge in [-0.1, -0.05) is 13.5 Å². The standard InChI is InChI=1S/C23H30N8/c1-5-20-12-22(6-7-23(20)31-16-27-18(3)28-31)30-10-8-29(9-11-30)19(4)25-15-21-14-24-17(2)13-26-21/h6-7,12-14,16,25H,4-5,8-11,15H2,1-3H3. The van der Waals surface area contributed by atoms with Crippen molar-refractivity contribution in [3.05, 3.63) is 72.1 Å². The maximum Gasteiger partial charge on any atom is 0.147 e. The predicted molar refractivity (Wildman–Crippen MR) is 122 cm³/mol. The first kappa shape index (κ1) is 20.8. The van der Waals surface area contributed by atoms with Crippen LogP contribution in [0.2, 0.25) is 0 Å². The van der Waals surface area contributed by atoms with E-state index >= 15 is 0 Å². The van der Waals surface area contributed by atoms with Crippen molar-refractivity contribution in [2.45, 2.75) is 33.7 Å². The number of nitrogens with one attached hydrogen (secondary N) is 1. The molecule has 0 bridgehead atoms. The lowest BCUT2D eigenvalue weighted by atomic mass is 10.1. The Morgan fingerprint density at radius 2 is 1.87 bits per heavy atom. The molecule has 3 aromatic rings. The van der Waals surface area contributed by atoms with E-state index in [1.807, 2.05) is 24.7 Å². The highest BCUT2D eigenvalue weighted by atomic mass is 15.3. The van der Waals surface area contributed by atoms with Gasteiger partial charge < -0.3 is 15.1 Å². The molecule has 8 nitrogen and oxygen atoms in total. The number of hydrogen-bond donors (Lipinski definition) is 1. The van der Waals surface area contributed by atoms with Gasteiger partial charge in [0.1, 0.15) is 12.2 Å². The first-order valence-corrected chi connectivity index (χ1v) is 10.7. The fraction of sp³-hybridized carbons (Fsp3) is 0.391. The maximum atomic E-state index is 4.46. The average molecular weight is 419 g/mol. The normalized spacial score (nSPS) is 14.0. The molecule has 31 heavy (non-hydrogen) atoms. The van der Waals surface area contributed by atoms with Gasteiger partial charge in [0, 0.05) is 38.1 Å². The van der Waals surface area contributed by atoms with Crippen molar-refractivity contribution in [3.8, 4) is 5.69 Å². The molecule has 162 valence electrons. The highest BCUT2D eigenvalue weighted by Crippen LogP contribution is 2.24. The molecular weight excluding hydrogens is 388 g/mol. The molecule has 1 fully saturated rings. The van der Waals surface area contributed by atoms with Crippen LogP contribution in [0.4, 0.5) is 5.69 Å². The van der Waals surface area contributed by atoms with Crippen molar-refractivity contribution >= 4 is 5.69 Å². The zero-order valence-electron chi connectivity index (χ0n) is 18.5. The quantitative estimate of drug-likeness (QED) is 0.632. The summed E-state index contributed by atoms with van der Waals surface area (Å²) >= 11 is 0. The summed E-state index contributed by atoms with van der Waals surface area (Å²) in [5.41, 5.74) is 5.47. The van der Waals surface area contributed by atoms with Gasteiger partial charge >= 0.3 is 0 Å². The molecule has 2 aromatic heterocycles. The Labute approximate surface area is 183 Å². The lowest BCUT2D eigenvalue weighted by Crippen LogP contribution is -2.47. The Morgan fingerprint density at radius 3 is 2.52 bits per heavy atom. The molecular formula is C23H30N8. The summed E-state index contributed by atoms with van der Waals surface area (Å²) in [7, 11) is 0. The number of piperazine rings is 1. The lowest BCUT2D eigenvalue weighted by molar-refractivity contribution is 0.300. The van der Waals surface area contributed by atoms with Crippen LogP contribution in [0.15, 0.2) is 49.3 Å². The van der Waals surface area contributed by atoms with Crippen LogP contribution in [0.1, 0.15) is 29.7 Å². The lowest BCUT2D eigenvalue weighted by Gasteiger charge is -2.38. The Morgan fingerprint density at radius 1 is 1.06 bits per heavy atom. The summed E-state index contributed by atoms with van der Waals surface area (Å²) in [6, 6.07) is 6.62. The third-order valence-electron chi connectivity index (χ3n) is 5.63. The summed E-state index contributed by atoms with van der Waals surface area (Å²) in [5.74, 6) is 1.72. The average Bonchev–Trinajstić information content (AvgIpc) is 3.24. The molecule has 0 amide bonds. The van der Waals surface area contributed by atoms with Crippen LogP contribution in [-0.2, 0) is 13.0 Å². The van der Waals surface area contributed by atoms with Gasteiger partial charge in [-0.15, -0.1) is 0 Å². The van der Waals surface area contributed by atoms with Crippen molar-refractivity contribution in [2.24, 2.45) is 0 Å². The molecule has 1 aliphatic heterocycles. The SMILES string of the molecule is C=C(NCc1cnc(C)cn1)N1CCN(c2ccc(-n3cnc(C)n3)c(CC)c2)CC1. The first-order chi connectivity index (χ1) is 15.0. The van der Waals surface area contributed by atoms with Gasteiger partial charge in [0.25, 0.3) is 0 Å². The van der Waals surface area contributed by atoms with Gasteiger partial charge in [-0.3, -0.25) is 9.97 Å². The summed E-state index contributed by atoms with van der Waals surface area (Å²) < 4.78 is 1.87. The molecule has 0 atom stereocenters. The zero-order valence-corrected chi connectivity index (χ0v) is 18.5. The second-order valence-corrected chi connectivity index (χ2v) is 7.83. The molecule has 1 saturated heterocycles. The van der Waals surface area contributed by atoms with Crippen LogP contribution in [0.3, 0.4) is 0 Å². The third-order valence-corrected chi connectivity index (χ3v) is 5.63. The van der Waals surface area contributed by atoms with Crippen LogP contribution in [0.5, 0.6) is 0 Å². The van der Waals surface area contributed by atoms with E-state index in [0.29, 0.717) is 6.54 Å². The van der Waals surface area contributed by atoms with Gasteiger partial charge in [-0.2, -0.15) is 5.10 Å². The van der Waals surface area contributed by atoms with Gasteiger partial charge in [0.05, 0.1) is 35.6 Å². The van der Waals surface area contributed by atoms with Crippen LogP contribution in [0, 0.1) is 13.8 Å². The molecule has 0 unspecified atom stereocenters. The van der Waals surface area contributed by atoms with Crippen molar-refractivity contribution in [1.82, 2.24) is 34.9 Å². The van der Waals surface area contributed by atoms with E-state index in [4.69, 9.17) is 0 Å². The first-order valence-electron chi connectivity index (χ1n) is 10.7. The fourth-order valence-electron chi connectivity index (χ4n) is 3.79. The summed E-state index contributed by atoms with van der Waals surface area (Å²) in [6.07, 6.45) is 6.33. The van der Waals surface area contributed by atoms with Gasteiger partial charge in [0.15, 0.2) is 0 Å². The van der Waals surface area contributed by atoms with Crippen LogP contribution >= 0.6 is 0 Å². The molecule has 8 heteroatoms. The second kappa shape index (κ2) is 9.16. The molecule has 0 aliphatic carbocycles. The highest BCUT2D eigenvalue weighted by molar-refractivity contribution is 5.56. The smallest absolute Gasteiger partial charge is 0.147 e. The van der Waals surface area contributed by atoms with Crippen molar-refractivity contribution in [3.63, 3.8) is 0 Å². The van der Waals surface area contributed by atoms with E-state index in [0.717, 1.165) is 61.3 Å². The number of aryl methyl sites for hydroxylation is 3. The zero-order chi connectivity index (χ0) is 21.8. The molecule has 0 radical (unpaired) electrons. The van der Waals surface area contributed by atoms with Gasteiger partial charge in [-0.05, 0) is 44.0 Å². The van der Waals surface area contributed by atoms with Crippen molar-refractivity contribution < 1.29 is 0 Å². The number of hydrogen-bond acceptors (Lipinski definition) is 7. The minimum Gasteiger partial charge on any atom is -0.368 e. The molecule has 3 heterocycles. The molecule has 0 spiro atoms. The minimum atomic E-state index is 0.634. The van der Waals surface area contributed by atoms with E-state index in [-0.39, 0.29) is 0 Å². The van der Waals surface area contributed by atoms with E-state index in [1.54, 1.807) is 12.5 Å².